The van der Waals surface area contributed by atoms with Crippen LogP contribution in [0.2, 0.25) is 0 Å². The molecule has 0 amide bonds. The fourth-order valence-electron chi connectivity index (χ4n) is 4.87. The molecule has 0 unspecified atom stereocenters. The lowest BCUT2D eigenvalue weighted by Crippen LogP contribution is -2.49. The summed E-state index contributed by atoms with van der Waals surface area (Å²) in [6.07, 6.45) is 6.25. The number of hydrogen-bond acceptors (Lipinski definition) is 7. The van der Waals surface area contributed by atoms with Gasteiger partial charge in [0.25, 0.3) is 0 Å². The quantitative estimate of drug-likeness (QED) is 0.733. The highest BCUT2D eigenvalue weighted by Crippen LogP contribution is 2.28. The molecule has 4 rings (SSSR count). The van der Waals surface area contributed by atoms with Crippen molar-refractivity contribution in [2.24, 2.45) is 0 Å². The van der Waals surface area contributed by atoms with Crippen LogP contribution in [0.5, 0.6) is 0 Å². The molecule has 7 heteroatoms. The van der Waals surface area contributed by atoms with Crippen LogP contribution in [0.4, 0.5) is 11.6 Å². The van der Waals surface area contributed by atoms with Gasteiger partial charge in [-0.05, 0) is 79.4 Å². The summed E-state index contributed by atoms with van der Waals surface area (Å²) >= 11 is 0. The molecule has 0 atom stereocenters. The Hall–Kier alpha value is -1.99. The SMILES string of the molecule is CC(C)(C)N1CCC(Nc2nc3cccnc3nc2NC2CCN(C(C)(C)C)CC2)CC1. The van der Waals surface area contributed by atoms with Crippen LogP contribution in [-0.2, 0) is 0 Å². The summed E-state index contributed by atoms with van der Waals surface area (Å²) in [5, 5.41) is 7.46. The van der Waals surface area contributed by atoms with Crippen LogP contribution in [0.3, 0.4) is 0 Å². The van der Waals surface area contributed by atoms with Gasteiger partial charge < -0.3 is 10.6 Å². The molecule has 32 heavy (non-hydrogen) atoms. The first-order valence-electron chi connectivity index (χ1n) is 12.3. The molecule has 0 aliphatic carbocycles. The van der Waals surface area contributed by atoms with Crippen LogP contribution in [-0.4, -0.2) is 74.1 Å². The van der Waals surface area contributed by atoms with Gasteiger partial charge in [-0.3, -0.25) is 9.80 Å². The number of anilines is 2. The number of likely N-dealkylation sites (tertiary alicyclic amines) is 2. The molecule has 2 N–H and O–H groups in total. The Morgan fingerprint density at radius 1 is 0.750 bits per heavy atom. The summed E-state index contributed by atoms with van der Waals surface area (Å²) in [7, 11) is 0. The van der Waals surface area contributed by atoms with E-state index in [2.05, 4.69) is 67.0 Å². The van der Waals surface area contributed by atoms with Crippen molar-refractivity contribution < 1.29 is 0 Å². The molecule has 2 saturated heterocycles. The van der Waals surface area contributed by atoms with Crippen molar-refractivity contribution in [2.45, 2.75) is 90.4 Å². The Balaban J connectivity index is 1.48. The predicted octanol–water partition coefficient (Wildman–Crippen LogP) is 4.37. The average molecular weight is 440 g/mol. The first kappa shape index (κ1) is 23.2. The molecule has 2 aromatic heterocycles. The zero-order chi connectivity index (χ0) is 22.9. The molecule has 0 aromatic carbocycles. The molecule has 0 bridgehead atoms. The maximum absolute atomic E-state index is 4.93. The highest BCUT2D eigenvalue weighted by molar-refractivity contribution is 5.77. The topological polar surface area (TPSA) is 69.2 Å². The Morgan fingerprint density at radius 2 is 1.22 bits per heavy atom. The molecule has 176 valence electrons. The van der Waals surface area contributed by atoms with Gasteiger partial charge in [0.05, 0.1) is 0 Å². The standard InChI is InChI=1S/C25H41N7/c1-24(2,3)31-14-9-18(10-15-31)27-22-23(30-21-20(29-22)8-7-13-26-21)28-19-11-16-32(17-12-19)25(4,5)6/h7-8,13,18-19H,9-12,14-17H2,1-6H3,(H,27,29)(H,26,28,30). The lowest BCUT2D eigenvalue weighted by atomic mass is 9.97. The Labute approximate surface area is 193 Å². The molecule has 0 radical (unpaired) electrons. The van der Waals surface area contributed by atoms with Gasteiger partial charge in [0.1, 0.15) is 5.52 Å². The summed E-state index contributed by atoms with van der Waals surface area (Å²) < 4.78 is 0. The smallest absolute Gasteiger partial charge is 0.180 e. The first-order chi connectivity index (χ1) is 15.1. The summed E-state index contributed by atoms with van der Waals surface area (Å²) in [6.45, 7) is 18.2. The van der Waals surface area contributed by atoms with Crippen LogP contribution in [0.15, 0.2) is 18.3 Å². The van der Waals surface area contributed by atoms with Crippen molar-refractivity contribution in [3.63, 3.8) is 0 Å². The fourth-order valence-corrected chi connectivity index (χ4v) is 4.87. The number of aromatic nitrogens is 3. The molecule has 0 spiro atoms. The van der Waals surface area contributed by atoms with Gasteiger partial charge in [-0.1, -0.05) is 0 Å². The van der Waals surface area contributed by atoms with Crippen molar-refractivity contribution in [3.8, 4) is 0 Å². The van der Waals surface area contributed by atoms with Gasteiger partial charge in [0, 0.05) is 55.5 Å². The number of hydrogen-bond donors (Lipinski definition) is 2. The fraction of sp³-hybridized carbons (Fsp3) is 0.720. The third-order valence-corrected chi connectivity index (χ3v) is 7.01. The second-order valence-electron chi connectivity index (χ2n) is 11.4. The first-order valence-corrected chi connectivity index (χ1v) is 12.3. The molecular weight excluding hydrogens is 398 g/mol. The van der Waals surface area contributed by atoms with Crippen LogP contribution >= 0.6 is 0 Å². The summed E-state index contributed by atoms with van der Waals surface area (Å²) in [5.41, 5.74) is 2.01. The minimum atomic E-state index is 0.228. The van der Waals surface area contributed by atoms with Crippen LogP contribution in [0, 0.1) is 0 Å². The molecule has 0 saturated carbocycles. The van der Waals surface area contributed by atoms with E-state index in [1.165, 1.54) is 0 Å². The van der Waals surface area contributed by atoms with Gasteiger partial charge in [0.2, 0.25) is 0 Å². The molecule has 2 aliphatic heterocycles. The number of rotatable bonds is 4. The minimum Gasteiger partial charge on any atom is -0.364 e. The lowest BCUT2D eigenvalue weighted by Gasteiger charge is -2.41. The van der Waals surface area contributed by atoms with Gasteiger partial charge >= 0.3 is 0 Å². The van der Waals surface area contributed by atoms with E-state index in [9.17, 15) is 0 Å². The second-order valence-corrected chi connectivity index (χ2v) is 11.4. The largest absolute Gasteiger partial charge is 0.364 e. The van der Waals surface area contributed by atoms with Crippen LogP contribution < -0.4 is 10.6 Å². The lowest BCUT2D eigenvalue weighted by molar-refractivity contribution is 0.105. The van der Waals surface area contributed by atoms with Gasteiger partial charge in [0.15, 0.2) is 17.3 Å². The monoisotopic (exact) mass is 439 g/mol. The Morgan fingerprint density at radius 3 is 1.69 bits per heavy atom. The number of fused-ring (bicyclic) bond motifs is 1. The molecule has 7 nitrogen and oxygen atoms in total. The van der Waals surface area contributed by atoms with E-state index in [4.69, 9.17) is 9.97 Å². The van der Waals surface area contributed by atoms with Crippen molar-refractivity contribution in [3.05, 3.63) is 18.3 Å². The van der Waals surface area contributed by atoms with Crippen molar-refractivity contribution in [2.75, 3.05) is 36.8 Å². The number of pyridine rings is 1. The van der Waals surface area contributed by atoms with E-state index in [1.807, 2.05) is 12.1 Å². The summed E-state index contributed by atoms with van der Waals surface area (Å²) in [5.74, 6) is 1.72. The zero-order valence-corrected chi connectivity index (χ0v) is 20.8. The molecule has 2 aromatic rings. The highest BCUT2D eigenvalue weighted by atomic mass is 15.2. The predicted molar refractivity (Wildman–Crippen MR) is 133 cm³/mol. The van der Waals surface area contributed by atoms with Crippen LogP contribution in [0.1, 0.15) is 67.2 Å². The van der Waals surface area contributed by atoms with E-state index in [0.29, 0.717) is 17.7 Å². The highest BCUT2D eigenvalue weighted by Gasteiger charge is 2.29. The average Bonchev–Trinajstić information content (AvgIpc) is 2.73. The molecular formula is C25H41N7. The maximum atomic E-state index is 4.93. The minimum absolute atomic E-state index is 0.228. The molecule has 2 aliphatic rings. The van der Waals surface area contributed by atoms with Gasteiger partial charge in [-0.2, -0.15) is 0 Å². The Bertz CT molecular complexity index is 824. The van der Waals surface area contributed by atoms with E-state index < -0.39 is 0 Å². The maximum Gasteiger partial charge on any atom is 0.180 e. The third-order valence-electron chi connectivity index (χ3n) is 7.01. The normalized spacial score (nSPS) is 20.6. The van der Waals surface area contributed by atoms with Gasteiger partial charge in [-0.15, -0.1) is 0 Å². The zero-order valence-electron chi connectivity index (χ0n) is 20.8. The summed E-state index contributed by atoms with van der Waals surface area (Å²) in [6, 6.07) is 4.75. The van der Waals surface area contributed by atoms with E-state index >= 15 is 0 Å². The van der Waals surface area contributed by atoms with Gasteiger partial charge in [-0.25, -0.2) is 15.0 Å². The number of nitrogens with zero attached hydrogens (tertiary/aromatic N) is 5. The van der Waals surface area contributed by atoms with Crippen molar-refractivity contribution >= 4 is 22.8 Å². The summed E-state index contributed by atoms with van der Waals surface area (Å²) in [4.78, 5) is 19.4. The van der Waals surface area contributed by atoms with Crippen LogP contribution in [0.25, 0.3) is 11.2 Å². The molecule has 2 fully saturated rings. The third kappa shape index (κ3) is 5.49. The number of piperidine rings is 2. The van der Waals surface area contributed by atoms with E-state index in [1.54, 1.807) is 6.20 Å². The van der Waals surface area contributed by atoms with Crippen molar-refractivity contribution in [1.29, 1.82) is 0 Å². The van der Waals surface area contributed by atoms with Crippen molar-refractivity contribution in [1.82, 2.24) is 24.8 Å². The Kier molecular flexibility index (Phi) is 6.59. The number of nitrogens with one attached hydrogen (secondary N) is 2. The van der Waals surface area contributed by atoms with E-state index in [-0.39, 0.29) is 11.1 Å². The van der Waals surface area contributed by atoms with E-state index in [0.717, 1.165) is 69.0 Å². The molecule has 4 heterocycles. The second kappa shape index (κ2) is 9.10.